The summed E-state index contributed by atoms with van der Waals surface area (Å²) in [6, 6.07) is 12.3. The second-order valence-electron chi connectivity index (χ2n) is 3.68. The van der Waals surface area contributed by atoms with E-state index in [1.807, 2.05) is 18.2 Å². The van der Waals surface area contributed by atoms with Crippen molar-refractivity contribution in [3.8, 4) is 12.3 Å². The molecule has 2 heteroatoms. The van der Waals surface area contributed by atoms with Gasteiger partial charge >= 0.3 is 0 Å². The quantitative estimate of drug-likeness (QED) is 0.560. The third kappa shape index (κ3) is 1.12. The van der Waals surface area contributed by atoms with Crippen molar-refractivity contribution in [1.29, 1.82) is 0 Å². The lowest BCUT2D eigenvalue weighted by molar-refractivity contribution is 0.907. The van der Waals surface area contributed by atoms with Crippen molar-refractivity contribution in [2.75, 3.05) is 0 Å². The first kappa shape index (κ1) is 8.99. The molecule has 0 saturated carbocycles. The monoisotopic (exact) mass is 206 g/mol. The molecule has 0 unspecified atom stereocenters. The lowest BCUT2D eigenvalue weighted by Gasteiger charge is -2.00. The molecule has 2 heterocycles. The first-order valence-corrected chi connectivity index (χ1v) is 5.17. The number of hydrogen-bond acceptors (Lipinski definition) is 1. The largest absolute Gasteiger partial charge is 0.314 e. The summed E-state index contributed by atoms with van der Waals surface area (Å²) in [5, 5.41) is 2.37. The smallest absolute Gasteiger partial charge is 0.141 e. The van der Waals surface area contributed by atoms with Crippen molar-refractivity contribution >= 4 is 21.9 Å². The molecule has 0 fully saturated rings. The summed E-state index contributed by atoms with van der Waals surface area (Å²) in [6.45, 7) is 0.557. The number of nitrogens with zero attached hydrogens (tertiary/aromatic N) is 2. The molecular weight excluding hydrogens is 196 g/mol. The van der Waals surface area contributed by atoms with E-state index in [-0.39, 0.29) is 0 Å². The van der Waals surface area contributed by atoms with Gasteiger partial charge in [-0.3, -0.25) is 0 Å². The third-order valence-corrected chi connectivity index (χ3v) is 2.78. The zero-order valence-corrected chi connectivity index (χ0v) is 8.72. The van der Waals surface area contributed by atoms with Gasteiger partial charge in [0, 0.05) is 17.0 Å². The average Bonchev–Trinajstić information content (AvgIpc) is 2.66. The molecule has 0 N–H and O–H groups in total. The summed E-state index contributed by atoms with van der Waals surface area (Å²) in [5.74, 6) is 2.68. The number of aromatic nitrogens is 2. The normalized spacial score (nSPS) is 10.7. The summed E-state index contributed by atoms with van der Waals surface area (Å²) in [4.78, 5) is 4.40. The van der Waals surface area contributed by atoms with Gasteiger partial charge in [-0.1, -0.05) is 24.1 Å². The van der Waals surface area contributed by atoms with Crippen LogP contribution in [0.1, 0.15) is 0 Å². The Balaban J connectivity index is 2.55. The lowest BCUT2D eigenvalue weighted by Crippen LogP contribution is -1.95. The van der Waals surface area contributed by atoms with Crippen LogP contribution in [0.2, 0.25) is 0 Å². The molecule has 1 aromatic carbocycles. The standard InChI is InChI=1S/C14H10N2/c1-2-10-16-13-8-4-3-6-11(13)12-7-5-9-15-14(12)16/h1,3-9H,10H2. The van der Waals surface area contributed by atoms with Gasteiger partial charge in [-0.2, -0.15) is 0 Å². The molecule has 0 aliphatic carbocycles. The summed E-state index contributed by atoms with van der Waals surface area (Å²) < 4.78 is 2.07. The molecule has 0 spiro atoms. The number of para-hydroxylation sites is 1. The van der Waals surface area contributed by atoms with E-state index in [1.54, 1.807) is 6.20 Å². The van der Waals surface area contributed by atoms with Gasteiger partial charge in [-0.05, 0) is 18.2 Å². The van der Waals surface area contributed by atoms with Crippen molar-refractivity contribution < 1.29 is 0 Å². The van der Waals surface area contributed by atoms with Crippen LogP contribution in [0, 0.1) is 12.3 Å². The van der Waals surface area contributed by atoms with Gasteiger partial charge in [0.1, 0.15) is 5.65 Å². The van der Waals surface area contributed by atoms with E-state index in [0.717, 1.165) is 16.6 Å². The summed E-state index contributed by atoms with van der Waals surface area (Å²) >= 11 is 0. The Hall–Kier alpha value is -2.27. The lowest BCUT2D eigenvalue weighted by atomic mass is 10.2. The van der Waals surface area contributed by atoms with Crippen molar-refractivity contribution in [3.05, 3.63) is 42.6 Å². The van der Waals surface area contributed by atoms with Gasteiger partial charge in [0.15, 0.2) is 0 Å². The van der Waals surface area contributed by atoms with Crippen LogP contribution in [-0.4, -0.2) is 9.55 Å². The highest BCUT2D eigenvalue weighted by atomic mass is 15.0. The SMILES string of the molecule is C#CCn1c2ccccc2c2cccnc21. The second kappa shape index (κ2) is 3.39. The van der Waals surface area contributed by atoms with E-state index in [2.05, 4.69) is 33.7 Å². The molecule has 3 rings (SSSR count). The maximum Gasteiger partial charge on any atom is 0.141 e. The van der Waals surface area contributed by atoms with Crippen molar-refractivity contribution in [2.45, 2.75) is 6.54 Å². The van der Waals surface area contributed by atoms with Crippen molar-refractivity contribution in [2.24, 2.45) is 0 Å². The van der Waals surface area contributed by atoms with Crippen LogP contribution in [0.25, 0.3) is 21.9 Å². The van der Waals surface area contributed by atoms with Gasteiger partial charge in [-0.25, -0.2) is 4.98 Å². The van der Waals surface area contributed by atoms with Gasteiger partial charge < -0.3 is 4.57 Å². The van der Waals surface area contributed by atoms with E-state index in [1.165, 1.54) is 5.39 Å². The van der Waals surface area contributed by atoms with Gasteiger partial charge in [-0.15, -0.1) is 6.42 Å². The number of rotatable bonds is 1. The van der Waals surface area contributed by atoms with Gasteiger partial charge in [0.05, 0.1) is 12.1 Å². The highest BCUT2D eigenvalue weighted by Crippen LogP contribution is 2.26. The maximum absolute atomic E-state index is 5.40. The Kier molecular flexibility index (Phi) is 1.91. The Morgan fingerprint density at radius 1 is 1.12 bits per heavy atom. The molecule has 0 bridgehead atoms. The Morgan fingerprint density at radius 2 is 1.94 bits per heavy atom. The molecule has 2 aromatic heterocycles. The van der Waals surface area contributed by atoms with Gasteiger partial charge in [0.2, 0.25) is 0 Å². The molecule has 0 aliphatic rings. The summed E-state index contributed by atoms with van der Waals surface area (Å²) in [7, 11) is 0. The molecule has 16 heavy (non-hydrogen) atoms. The number of benzene rings is 1. The minimum Gasteiger partial charge on any atom is -0.314 e. The maximum atomic E-state index is 5.40. The van der Waals surface area contributed by atoms with Crippen LogP contribution >= 0.6 is 0 Å². The third-order valence-electron chi connectivity index (χ3n) is 2.78. The molecule has 0 aliphatic heterocycles. The van der Waals surface area contributed by atoms with Crippen LogP contribution in [0.5, 0.6) is 0 Å². The molecule has 3 aromatic rings. The van der Waals surface area contributed by atoms with Crippen LogP contribution in [-0.2, 0) is 6.54 Å². The second-order valence-corrected chi connectivity index (χ2v) is 3.68. The van der Waals surface area contributed by atoms with Crippen molar-refractivity contribution in [1.82, 2.24) is 9.55 Å². The minimum atomic E-state index is 0.557. The topological polar surface area (TPSA) is 17.8 Å². The molecular formula is C14H10N2. The Bertz CT molecular complexity index is 648. The van der Waals surface area contributed by atoms with Gasteiger partial charge in [0.25, 0.3) is 0 Å². The first-order chi connectivity index (χ1) is 7.92. The zero-order valence-electron chi connectivity index (χ0n) is 8.72. The van der Waals surface area contributed by atoms with E-state index < -0.39 is 0 Å². The predicted molar refractivity (Wildman–Crippen MR) is 66.1 cm³/mol. The van der Waals surface area contributed by atoms with Crippen LogP contribution < -0.4 is 0 Å². The molecule has 76 valence electrons. The average molecular weight is 206 g/mol. The zero-order chi connectivity index (χ0) is 11.0. The van der Waals surface area contributed by atoms with Crippen LogP contribution in [0.15, 0.2) is 42.6 Å². The molecule has 2 nitrogen and oxygen atoms in total. The van der Waals surface area contributed by atoms with Crippen LogP contribution in [0.4, 0.5) is 0 Å². The Labute approximate surface area is 93.5 Å². The fourth-order valence-electron chi connectivity index (χ4n) is 2.12. The first-order valence-electron chi connectivity index (χ1n) is 5.17. The number of fused-ring (bicyclic) bond motifs is 3. The summed E-state index contributed by atoms with van der Waals surface area (Å²) in [5.41, 5.74) is 2.11. The summed E-state index contributed by atoms with van der Waals surface area (Å²) in [6.07, 6.45) is 7.20. The number of terminal acetylenes is 1. The number of hydrogen-bond donors (Lipinski definition) is 0. The molecule has 0 radical (unpaired) electrons. The van der Waals surface area contributed by atoms with E-state index in [0.29, 0.717) is 6.54 Å². The van der Waals surface area contributed by atoms with Crippen molar-refractivity contribution in [3.63, 3.8) is 0 Å². The highest BCUT2D eigenvalue weighted by molar-refractivity contribution is 6.06. The number of pyridine rings is 1. The minimum absolute atomic E-state index is 0.557. The fourth-order valence-corrected chi connectivity index (χ4v) is 2.12. The molecule has 0 saturated heterocycles. The van der Waals surface area contributed by atoms with E-state index in [4.69, 9.17) is 6.42 Å². The molecule has 0 atom stereocenters. The highest BCUT2D eigenvalue weighted by Gasteiger charge is 2.08. The molecule has 0 amide bonds. The predicted octanol–water partition coefficient (Wildman–Crippen LogP) is 2.82. The Morgan fingerprint density at radius 3 is 2.81 bits per heavy atom. The van der Waals surface area contributed by atoms with E-state index >= 15 is 0 Å². The van der Waals surface area contributed by atoms with E-state index in [9.17, 15) is 0 Å². The van der Waals surface area contributed by atoms with Crippen LogP contribution in [0.3, 0.4) is 0 Å². The fraction of sp³-hybridized carbons (Fsp3) is 0.0714.